The number of rotatable bonds is 12. The molecule has 0 heterocycles. The molecule has 1 aromatic carbocycles. The molecule has 8 heteroatoms. The van der Waals surface area contributed by atoms with Crippen LogP contribution < -0.4 is 15.4 Å². The Morgan fingerprint density at radius 3 is 2.56 bits per heavy atom. The molecule has 2 N–H and O–H groups in total. The summed E-state index contributed by atoms with van der Waals surface area (Å²) in [7, 11) is -2.97. The van der Waals surface area contributed by atoms with Crippen LogP contribution in [0.1, 0.15) is 13.3 Å². The van der Waals surface area contributed by atoms with Crippen molar-refractivity contribution in [3.63, 3.8) is 0 Å². The normalized spacial score (nSPS) is 12.0. The lowest BCUT2D eigenvalue weighted by Gasteiger charge is -2.11. The molecule has 0 bridgehead atoms. The highest BCUT2D eigenvalue weighted by atomic mass is 32.2. The van der Waals surface area contributed by atoms with E-state index in [4.69, 9.17) is 9.47 Å². The predicted molar refractivity (Wildman–Crippen MR) is 101 cm³/mol. The third kappa shape index (κ3) is 12.2. The highest BCUT2D eigenvalue weighted by molar-refractivity contribution is 7.90. The Hall–Kier alpha value is -1.80. The Bertz CT molecular complexity index is 591. The molecule has 0 aliphatic carbocycles. The van der Waals surface area contributed by atoms with Gasteiger partial charge in [-0.1, -0.05) is 18.2 Å². The minimum atomic E-state index is -2.97. The van der Waals surface area contributed by atoms with Crippen LogP contribution in [0, 0.1) is 0 Å². The summed E-state index contributed by atoms with van der Waals surface area (Å²) in [6, 6.07) is 9.70. The third-order valence-electron chi connectivity index (χ3n) is 3.07. The van der Waals surface area contributed by atoms with Crippen LogP contribution in [-0.2, 0) is 14.6 Å². The topological polar surface area (TPSA) is 89.0 Å². The molecule has 0 radical (unpaired) electrons. The number of guanidine groups is 1. The minimum absolute atomic E-state index is 0.0442. The second kappa shape index (κ2) is 12.5. The van der Waals surface area contributed by atoms with Crippen molar-refractivity contribution in [2.75, 3.05) is 51.5 Å². The number of nitrogens with one attached hydrogen (secondary N) is 2. The minimum Gasteiger partial charge on any atom is -0.494 e. The van der Waals surface area contributed by atoms with Crippen molar-refractivity contribution in [1.29, 1.82) is 0 Å². The van der Waals surface area contributed by atoms with Gasteiger partial charge in [0, 0.05) is 32.3 Å². The molecule has 0 saturated carbocycles. The van der Waals surface area contributed by atoms with E-state index in [1.165, 1.54) is 6.26 Å². The first-order valence-corrected chi connectivity index (χ1v) is 10.5. The lowest BCUT2D eigenvalue weighted by Crippen LogP contribution is -2.39. The average molecular weight is 372 g/mol. The SMILES string of the molecule is CCNC(=NCCCOc1ccccc1)NCCOCCS(C)(=O)=O. The molecule has 1 aromatic rings. The van der Waals surface area contributed by atoms with Crippen LogP contribution in [0.2, 0.25) is 0 Å². The van der Waals surface area contributed by atoms with Crippen LogP contribution >= 0.6 is 0 Å². The van der Waals surface area contributed by atoms with E-state index in [0.29, 0.717) is 32.3 Å². The van der Waals surface area contributed by atoms with Crippen molar-refractivity contribution in [3.8, 4) is 5.75 Å². The van der Waals surface area contributed by atoms with Gasteiger partial charge in [0.15, 0.2) is 5.96 Å². The van der Waals surface area contributed by atoms with Crippen LogP contribution in [0.5, 0.6) is 5.75 Å². The van der Waals surface area contributed by atoms with Gasteiger partial charge in [0.25, 0.3) is 0 Å². The largest absolute Gasteiger partial charge is 0.494 e. The Balaban J connectivity index is 2.15. The standard InChI is InChI=1S/C17H29N3O4S/c1-3-18-17(20-11-13-23-14-15-25(2,21)22)19-10-7-12-24-16-8-5-4-6-9-16/h4-6,8-9H,3,7,10-15H2,1-2H3,(H2,18,19,20). The monoisotopic (exact) mass is 371 g/mol. The van der Waals surface area contributed by atoms with E-state index in [1.54, 1.807) is 0 Å². The van der Waals surface area contributed by atoms with Crippen LogP contribution in [0.15, 0.2) is 35.3 Å². The Morgan fingerprint density at radius 2 is 1.88 bits per heavy atom. The van der Waals surface area contributed by atoms with Gasteiger partial charge in [-0.05, 0) is 19.1 Å². The van der Waals surface area contributed by atoms with Crippen molar-refractivity contribution in [3.05, 3.63) is 30.3 Å². The van der Waals surface area contributed by atoms with Gasteiger partial charge >= 0.3 is 0 Å². The highest BCUT2D eigenvalue weighted by Crippen LogP contribution is 2.08. The van der Waals surface area contributed by atoms with E-state index < -0.39 is 9.84 Å². The fraction of sp³-hybridized carbons (Fsp3) is 0.588. The molecule has 0 unspecified atom stereocenters. The lowest BCUT2D eigenvalue weighted by molar-refractivity contribution is 0.154. The van der Waals surface area contributed by atoms with Gasteiger partial charge in [-0.25, -0.2) is 8.42 Å². The van der Waals surface area contributed by atoms with Gasteiger partial charge < -0.3 is 20.1 Å². The molecule has 0 spiro atoms. The molecule has 0 amide bonds. The highest BCUT2D eigenvalue weighted by Gasteiger charge is 2.01. The number of nitrogens with zero attached hydrogens (tertiary/aromatic N) is 1. The molecule has 7 nitrogen and oxygen atoms in total. The Labute approximate surface area is 150 Å². The van der Waals surface area contributed by atoms with Gasteiger partial charge in [0.05, 0.1) is 25.6 Å². The first kappa shape index (κ1) is 21.2. The lowest BCUT2D eigenvalue weighted by atomic mass is 10.3. The van der Waals surface area contributed by atoms with Crippen molar-refractivity contribution in [1.82, 2.24) is 10.6 Å². The molecule has 1 rings (SSSR count). The molecule has 0 aromatic heterocycles. The van der Waals surface area contributed by atoms with Crippen LogP contribution in [0.3, 0.4) is 0 Å². The maximum atomic E-state index is 11.0. The second-order valence-electron chi connectivity index (χ2n) is 5.44. The molecule has 0 saturated heterocycles. The number of aliphatic imine (C=N–C) groups is 1. The summed E-state index contributed by atoms with van der Waals surface area (Å²) >= 11 is 0. The van der Waals surface area contributed by atoms with E-state index in [9.17, 15) is 8.42 Å². The average Bonchev–Trinajstić information content (AvgIpc) is 2.57. The Kier molecular flexibility index (Phi) is 10.7. The number of para-hydroxylation sites is 1. The molecular formula is C17H29N3O4S. The number of hydrogen-bond donors (Lipinski definition) is 2. The Morgan fingerprint density at radius 1 is 1.12 bits per heavy atom. The van der Waals surface area contributed by atoms with E-state index in [0.717, 1.165) is 18.7 Å². The number of benzene rings is 1. The molecular weight excluding hydrogens is 342 g/mol. The van der Waals surface area contributed by atoms with Crippen molar-refractivity contribution in [2.45, 2.75) is 13.3 Å². The summed E-state index contributed by atoms with van der Waals surface area (Å²) in [6.45, 7) is 5.23. The zero-order valence-electron chi connectivity index (χ0n) is 15.0. The van der Waals surface area contributed by atoms with Gasteiger partial charge in [-0.2, -0.15) is 0 Å². The summed E-state index contributed by atoms with van der Waals surface area (Å²) < 4.78 is 32.9. The number of hydrogen-bond acceptors (Lipinski definition) is 5. The molecule has 0 aliphatic rings. The molecule has 142 valence electrons. The first-order valence-electron chi connectivity index (χ1n) is 8.47. The smallest absolute Gasteiger partial charge is 0.191 e. The van der Waals surface area contributed by atoms with Crippen LogP contribution in [0.4, 0.5) is 0 Å². The summed E-state index contributed by atoms with van der Waals surface area (Å²) in [6.07, 6.45) is 2.02. The third-order valence-corrected chi connectivity index (χ3v) is 3.97. The first-order chi connectivity index (χ1) is 12.0. The van der Waals surface area contributed by atoms with E-state index in [2.05, 4.69) is 15.6 Å². The van der Waals surface area contributed by atoms with Crippen LogP contribution in [-0.4, -0.2) is 65.8 Å². The van der Waals surface area contributed by atoms with Gasteiger partial charge in [0.2, 0.25) is 0 Å². The fourth-order valence-corrected chi connectivity index (χ4v) is 2.28. The quantitative estimate of drug-likeness (QED) is 0.325. The fourth-order valence-electron chi connectivity index (χ4n) is 1.86. The summed E-state index contributed by atoms with van der Waals surface area (Å²) in [5.41, 5.74) is 0. The van der Waals surface area contributed by atoms with Gasteiger partial charge in [0.1, 0.15) is 15.6 Å². The predicted octanol–water partition coefficient (Wildman–Crippen LogP) is 1.07. The maximum Gasteiger partial charge on any atom is 0.191 e. The molecule has 0 atom stereocenters. The number of sulfone groups is 1. The van der Waals surface area contributed by atoms with Crippen molar-refractivity contribution >= 4 is 15.8 Å². The summed E-state index contributed by atoms with van der Waals surface area (Å²) in [5.74, 6) is 1.62. The number of ether oxygens (including phenoxy) is 2. The molecule has 25 heavy (non-hydrogen) atoms. The molecule has 0 fully saturated rings. The summed E-state index contributed by atoms with van der Waals surface area (Å²) in [5, 5.41) is 6.30. The van der Waals surface area contributed by atoms with E-state index in [1.807, 2.05) is 37.3 Å². The van der Waals surface area contributed by atoms with E-state index >= 15 is 0 Å². The maximum absolute atomic E-state index is 11.0. The van der Waals surface area contributed by atoms with Crippen molar-refractivity contribution in [2.24, 2.45) is 4.99 Å². The molecule has 0 aliphatic heterocycles. The van der Waals surface area contributed by atoms with E-state index in [-0.39, 0.29) is 12.4 Å². The van der Waals surface area contributed by atoms with Crippen molar-refractivity contribution < 1.29 is 17.9 Å². The zero-order chi connectivity index (χ0) is 18.4. The zero-order valence-corrected chi connectivity index (χ0v) is 15.8. The summed E-state index contributed by atoms with van der Waals surface area (Å²) in [4.78, 5) is 4.46. The van der Waals surface area contributed by atoms with Gasteiger partial charge in [-0.3, -0.25) is 4.99 Å². The van der Waals surface area contributed by atoms with Gasteiger partial charge in [-0.15, -0.1) is 0 Å². The van der Waals surface area contributed by atoms with Crippen LogP contribution in [0.25, 0.3) is 0 Å². The second-order valence-corrected chi connectivity index (χ2v) is 7.70.